The van der Waals surface area contributed by atoms with E-state index in [0.29, 0.717) is 27.8 Å². The molecule has 2 aromatic heterocycles. The van der Waals surface area contributed by atoms with Gasteiger partial charge in [0.05, 0.1) is 12.9 Å². The summed E-state index contributed by atoms with van der Waals surface area (Å²) in [5, 5.41) is 49.9. The van der Waals surface area contributed by atoms with Crippen molar-refractivity contribution in [3.8, 4) is 10.8 Å². The summed E-state index contributed by atoms with van der Waals surface area (Å²) in [6, 6.07) is 8.67. The molecule has 29 heavy (non-hydrogen) atoms. The van der Waals surface area contributed by atoms with Crippen LogP contribution in [0.2, 0.25) is 5.02 Å². The van der Waals surface area contributed by atoms with Gasteiger partial charge in [-0.15, -0.1) is 10.2 Å². The maximum Gasteiger partial charge on any atom is 0.183 e. The molecule has 5 atom stereocenters. The van der Waals surface area contributed by atoms with Crippen molar-refractivity contribution in [2.45, 2.75) is 36.9 Å². The van der Waals surface area contributed by atoms with Gasteiger partial charge < -0.3 is 29.6 Å². The van der Waals surface area contributed by atoms with Gasteiger partial charge in [0.2, 0.25) is 0 Å². The van der Waals surface area contributed by atoms with Gasteiger partial charge in [-0.2, -0.15) is 0 Å². The van der Waals surface area contributed by atoms with Gasteiger partial charge in [0, 0.05) is 11.4 Å². The van der Waals surface area contributed by atoms with Crippen LogP contribution < -0.4 is 0 Å². The fourth-order valence-electron chi connectivity index (χ4n) is 3.27. The van der Waals surface area contributed by atoms with E-state index in [0.717, 1.165) is 10.6 Å². The zero-order valence-electron chi connectivity index (χ0n) is 15.1. The molecule has 3 heterocycles. The number of benzene rings is 1. The van der Waals surface area contributed by atoms with E-state index in [9.17, 15) is 20.4 Å². The summed E-state index contributed by atoms with van der Waals surface area (Å²) in [6.45, 7) is -0.484. The zero-order chi connectivity index (χ0) is 20.5. The van der Waals surface area contributed by atoms with Crippen LogP contribution in [0.5, 0.6) is 0 Å². The summed E-state index contributed by atoms with van der Waals surface area (Å²) in [5.74, 6) is 0.634. The number of nitrogens with zero attached hydrogens (tertiary/aromatic N) is 2. The Kier molecular flexibility index (Phi) is 5.98. The van der Waals surface area contributed by atoms with E-state index in [-0.39, 0.29) is 0 Å². The Morgan fingerprint density at radius 1 is 1.07 bits per heavy atom. The first-order valence-electron chi connectivity index (χ1n) is 8.93. The third kappa shape index (κ3) is 4.08. The molecule has 5 unspecified atom stereocenters. The lowest BCUT2D eigenvalue weighted by atomic mass is 9.90. The third-order valence-corrected chi connectivity index (χ3v) is 6.14. The molecule has 8 nitrogen and oxygen atoms in total. The summed E-state index contributed by atoms with van der Waals surface area (Å²) < 4.78 is 11.0. The number of halogens is 1. The highest BCUT2D eigenvalue weighted by Crippen LogP contribution is 2.35. The van der Waals surface area contributed by atoms with Crippen LogP contribution in [0, 0.1) is 0 Å². The molecule has 1 aromatic carbocycles. The molecule has 10 heteroatoms. The number of aliphatic hydroxyl groups excluding tert-OH is 4. The smallest absolute Gasteiger partial charge is 0.183 e. The Labute approximate surface area is 175 Å². The molecule has 0 radical (unpaired) electrons. The van der Waals surface area contributed by atoms with E-state index < -0.39 is 37.1 Å². The lowest BCUT2D eigenvalue weighted by Gasteiger charge is -2.40. The van der Waals surface area contributed by atoms with Gasteiger partial charge in [-0.25, -0.2) is 0 Å². The predicted octanol–water partition coefficient (Wildman–Crippen LogP) is 1.56. The van der Waals surface area contributed by atoms with Gasteiger partial charge in [-0.3, -0.25) is 0 Å². The molecular weight excluding hydrogens is 420 g/mol. The average molecular weight is 439 g/mol. The van der Waals surface area contributed by atoms with Crippen LogP contribution in [0.3, 0.4) is 0 Å². The lowest BCUT2D eigenvalue weighted by Crippen LogP contribution is -2.55. The van der Waals surface area contributed by atoms with Crippen LogP contribution in [0.15, 0.2) is 41.0 Å². The molecule has 0 aliphatic carbocycles. The largest absolute Gasteiger partial charge is 0.462 e. The molecule has 4 N–H and O–H groups in total. The third-order valence-electron chi connectivity index (χ3n) is 4.83. The Balaban J connectivity index is 1.58. The number of hydrogen-bond acceptors (Lipinski definition) is 9. The molecular formula is C19H19ClN2O6S. The minimum absolute atomic E-state index is 0.405. The summed E-state index contributed by atoms with van der Waals surface area (Å²) in [4.78, 5) is 0. The summed E-state index contributed by atoms with van der Waals surface area (Å²) in [5.41, 5.74) is 1.31. The topological polar surface area (TPSA) is 129 Å². The second-order valence-electron chi connectivity index (χ2n) is 6.76. The minimum Gasteiger partial charge on any atom is -0.462 e. The van der Waals surface area contributed by atoms with E-state index in [1.54, 1.807) is 36.6 Å². The molecule has 1 saturated heterocycles. The van der Waals surface area contributed by atoms with Crippen molar-refractivity contribution in [2.24, 2.45) is 0 Å². The normalized spacial score (nSPS) is 27.3. The van der Waals surface area contributed by atoms with Crippen molar-refractivity contribution >= 4 is 22.9 Å². The number of aliphatic hydroxyl groups is 4. The molecule has 0 bridgehead atoms. The molecule has 1 aliphatic rings. The summed E-state index contributed by atoms with van der Waals surface area (Å²) in [6.07, 6.45) is -4.12. The van der Waals surface area contributed by atoms with E-state index in [2.05, 4.69) is 10.2 Å². The number of hydrogen-bond donors (Lipinski definition) is 4. The monoisotopic (exact) mass is 438 g/mol. The van der Waals surface area contributed by atoms with E-state index in [4.69, 9.17) is 20.8 Å². The van der Waals surface area contributed by atoms with Crippen molar-refractivity contribution < 1.29 is 29.6 Å². The summed E-state index contributed by atoms with van der Waals surface area (Å²) >= 11 is 7.72. The molecule has 0 spiro atoms. The van der Waals surface area contributed by atoms with Gasteiger partial charge in [0.25, 0.3) is 0 Å². The Hall–Kier alpha value is -1.85. The SMILES string of the molecule is OCC1OC(c2ccc(Cl)c(Cc3nnc(-c4ccco4)s3)c2)C(O)C(O)C1O. The molecule has 3 aromatic rings. The first-order valence-corrected chi connectivity index (χ1v) is 10.1. The minimum atomic E-state index is -1.44. The van der Waals surface area contributed by atoms with Gasteiger partial charge >= 0.3 is 0 Å². The molecule has 154 valence electrons. The van der Waals surface area contributed by atoms with Gasteiger partial charge in [0.1, 0.15) is 35.5 Å². The zero-order valence-corrected chi connectivity index (χ0v) is 16.6. The fraction of sp³-hybridized carbons (Fsp3) is 0.368. The van der Waals surface area contributed by atoms with E-state index >= 15 is 0 Å². The molecule has 1 aliphatic heterocycles. The fourth-order valence-corrected chi connectivity index (χ4v) is 4.29. The quantitative estimate of drug-likeness (QED) is 0.472. The van der Waals surface area contributed by atoms with Crippen LogP contribution in [-0.4, -0.2) is 61.6 Å². The highest BCUT2D eigenvalue weighted by Gasteiger charge is 2.44. The highest BCUT2D eigenvalue weighted by atomic mass is 35.5. The lowest BCUT2D eigenvalue weighted by molar-refractivity contribution is -0.231. The molecule has 1 fully saturated rings. The van der Waals surface area contributed by atoms with Crippen LogP contribution in [0.1, 0.15) is 22.2 Å². The first-order chi connectivity index (χ1) is 14.0. The van der Waals surface area contributed by atoms with Crippen molar-refractivity contribution in [1.29, 1.82) is 0 Å². The van der Waals surface area contributed by atoms with Crippen LogP contribution in [-0.2, 0) is 11.2 Å². The summed E-state index contributed by atoms with van der Waals surface area (Å²) in [7, 11) is 0. The number of furan rings is 1. The van der Waals surface area contributed by atoms with Crippen LogP contribution in [0.4, 0.5) is 0 Å². The van der Waals surface area contributed by atoms with Gasteiger partial charge in [0.15, 0.2) is 10.8 Å². The second kappa shape index (κ2) is 8.49. The average Bonchev–Trinajstić information content (AvgIpc) is 3.40. The first kappa shape index (κ1) is 20.4. The molecule has 4 rings (SSSR count). The number of rotatable bonds is 5. The van der Waals surface area contributed by atoms with E-state index in [1.807, 2.05) is 0 Å². The predicted molar refractivity (Wildman–Crippen MR) is 105 cm³/mol. The van der Waals surface area contributed by atoms with Crippen molar-refractivity contribution in [2.75, 3.05) is 6.61 Å². The van der Waals surface area contributed by atoms with Gasteiger partial charge in [-0.1, -0.05) is 35.1 Å². The molecule has 0 saturated carbocycles. The molecule has 0 amide bonds. The number of aromatic nitrogens is 2. The van der Waals surface area contributed by atoms with Crippen molar-refractivity contribution in [3.05, 3.63) is 57.8 Å². The maximum absolute atomic E-state index is 10.4. The number of ether oxygens (including phenoxy) is 1. The van der Waals surface area contributed by atoms with Crippen LogP contribution >= 0.6 is 22.9 Å². The highest BCUT2D eigenvalue weighted by molar-refractivity contribution is 7.14. The Morgan fingerprint density at radius 3 is 2.62 bits per heavy atom. The maximum atomic E-state index is 10.4. The Morgan fingerprint density at radius 2 is 1.90 bits per heavy atom. The van der Waals surface area contributed by atoms with Crippen molar-refractivity contribution in [1.82, 2.24) is 10.2 Å². The van der Waals surface area contributed by atoms with E-state index in [1.165, 1.54) is 11.3 Å². The van der Waals surface area contributed by atoms with Crippen molar-refractivity contribution in [3.63, 3.8) is 0 Å². The standard InChI is InChI=1S/C19H19ClN2O6S/c20-11-4-3-9(18-17(26)16(25)15(24)13(8-23)28-18)6-10(11)7-14-21-22-19(29-14)12-2-1-5-27-12/h1-6,13,15-18,23-26H,7-8H2. The van der Waals surface area contributed by atoms with Crippen LogP contribution in [0.25, 0.3) is 10.8 Å². The van der Waals surface area contributed by atoms with Gasteiger partial charge in [-0.05, 0) is 29.3 Å². The second-order valence-corrected chi connectivity index (χ2v) is 8.22. The Bertz CT molecular complexity index is 964.